The molecule has 1 aliphatic rings. The second-order valence-corrected chi connectivity index (χ2v) is 3.92. The van der Waals surface area contributed by atoms with Gasteiger partial charge in [-0.15, -0.1) is 0 Å². The zero-order chi connectivity index (χ0) is 12.4. The fraction of sp³-hybridized carbons (Fsp3) is 0.364. The van der Waals surface area contributed by atoms with Crippen molar-refractivity contribution in [2.75, 3.05) is 18.0 Å². The predicted octanol–water partition coefficient (Wildman–Crippen LogP) is 0.833. The molecule has 90 valence electrons. The van der Waals surface area contributed by atoms with Crippen LogP contribution in [0.2, 0.25) is 0 Å². The van der Waals surface area contributed by atoms with Crippen molar-refractivity contribution in [3.63, 3.8) is 0 Å². The highest BCUT2D eigenvalue weighted by Crippen LogP contribution is 2.30. The van der Waals surface area contributed by atoms with Gasteiger partial charge in [0, 0.05) is 24.4 Å². The van der Waals surface area contributed by atoms with E-state index in [-0.39, 0.29) is 18.1 Å². The van der Waals surface area contributed by atoms with Gasteiger partial charge in [0.15, 0.2) is 0 Å². The molecule has 0 spiro atoms. The maximum Gasteiger partial charge on any atom is 0.269 e. The van der Waals surface area contributed by atoms with Gasteiger partial charge >= 0.3 is 0 Å². The normalized spacial score (nSPS) is 14.3. The summed E-state index contributed by atoms with van der Waals surface area (Å²) in [5.74, 6) is -0.153. The Labute approximate surface area is 98.2 Å². The Morgan fingerprint density at radius 3 is 2.94 bits per heavy atom. The molecule has 0 saturated heterocycles. The van der Waals surface area contributed by atoms with Crippen LogP contribution in [0.1, 0.15) is 12.0 Å². The van der Waals surface area contributed by atoms with Gasteiger partial charge in [0.2, 0.25) is 5.91 Å². The number of rotatable bonds is 2. The second-order valence-electron chi connectivity index (χ2n) is 3.92. The predicted molar refractivity (Wildman–Crippen MR) is 62.8 cm³/mol. The molecule has 6 nitrogen and oxygen atoms in total. The van der Waals surface area contributed by atoms with Crippen LogP contribution < -0.4 is 10.6 Å². The quantitative estimate of drug-likeness (QED) is 0.607. The highest BCUT2D eigenvalue weighted by molar-refractivity contribution is 5.96. The molecule has 1 aliphatic heterocycles. The fourth-order valence-corrected chi connectivity index (χ4v) is 2.07. The van der Waals surface area contributed by atoms with Crippen LogP contribution in [0.4, 0.5) is 11.4 Å². The molecule has 0 saturated carbocycles. The Morgan fingerprint density at radius 1 is 1.53 bits per heavy atom. The van der Waals surface area contributed by atoms with Gasteiger partial charge in [-0.3, -0.25) is 14.9 Å². The minimum Gasteiger partial charge on any atom is -0.322 e. The van der Waals surface area contributed by atoms with Crippen LogP contribution in [0.25, 0.3) is 0 Å². The molecule has 1 amide bonds. The summed E-state index contributed by atoms with van der Waals surface area (Å²) in [7, 11) is 0. The molecule has 17 heavy (non-hydrogen) atoms. The molecule has 0 unspecified atom stereocenters. The van der Waals surface area contributed by atoms with Crippen molar-refractivity contribution in [3.8, 4) is 0 Å². The van der Waals surface area contributed by atoms with Gasteiger partial charge in [0.25, 0.3) is 5.69 Å². The third-order valence-corrected chi connectivity index (χ3v) is 2.87. The summed E-state index contributed by atoms with van der Waals surface area (Å²) in [6, 6.07) is 4.58. The molecule has 0 fully saturated rings. The number of carbonyl (C=O) groups is 1. The molecular formula is C11H13N3O3. The average molecular weight is 235 g/mol. The summed E-state index contributed by atoms with van der Waals surface area (Å²) >= 11 is 0. The van der Waals surface area contributed by atoms with Crippen LogP contribution in [-0.4, -0.2) is 23.9 Å². The van der Waals surface area contributed by atoms with Crippen molar-refractivity contribution in [2.45, 2.75) is 12.8 Å². The van der Waals surface area contributed by atoms with Crippen LogP contribution in [-0.2, 0) is 11.2 Å². The lowest BCUT2D eigenvalue weighted by atomic mass is 10.0. The monoisotopic (exact) mass is 235 g/mol. The molecule has 0 aromatic heterocycles. The van der Waals surface area contributed by atoms with Gasteiger partial charge in [-0.05, 0) is 24.5 Å². The third-order valence-electron chi connectivity index (χ3n) is 2.87. The molecule has 6 heteroatoms. The van der Waals surface area contributed by atoms with E-state index in [9.17, 15) is 14.9 Å². The lowest BCUT2D eigenvalue weighted by Crippen LogP contribution is -2.39. The first-order valence-electron chi connectivity index (χ1n) is 5.41. The first kappa shape index (κ1) is 11.5. The van der Waals surface area contributed by atoms with Gasteiger partial charge < -0.3 is 10.6 Å². The lowest BCUT2D eigenvalue weighted by Gasteiger charge is -2.28. The van der Waals surface area contributed by atoms with Crippen LogP contribution in [0.3, 0.4) is 0 Å². The van der Waals surface area contributed by atoms with Gasteiger partial charge in [-0.2, -0.15) is 0 Å². The van der Waals surface area contributed by atoms with Gasteiger partial charge in [-0.25, -0.2) is 0 Å². The van der Waals surface area contributed by atoms with Gasteiger partial charge in [0.1, 0.15) is 0 Å². The lowest BCUT2D eigenvalue weighted by molar-refractivity contribution is -0.384. The van der Waals surface area contributed by atoms with E-state index in [1.165, 1.54) is 12.1 Å². The molecule has 0 bridgehead atoms. The van der Waals surface area contributed by atoms with Crippen LogP contribution in [0.15, 0.2) is 18.2 Å². The Hall–Kier alpha value is -1.95. The van der Waals surface area contributed by atoms with E-state index in [2.05, 4.69) is 0 Å². The van der Waals surface area contributed by atoms with Crippen molar-refractivity contribution >= 4 is 17.3 Å². The summed E-state index contributed by atoms with van der Waals surface area (Å²) in [5, 5.41) is 10.7. The molecule has 2 rings (SSSR count). The SMILES string of the molecule is NCC(=O)N1CCCc2cc([N+](=O)[O-])ccc21. The number of nitro groups is 1. The van der Waals surface area contributed by atoms with Gasteiger partial charge in [0.05, 0.1) is 11.5 Å². The Balaban J connectivity index is 2.40. The maximum absolute atomic E-state index is 11.6. The maximum atomic E-state index is 11.6. The number of carbonyl (C=O) groups excluding carboxylic acids is 1. The second kappa shape index (κ2) is 4.50. The van der Waals surface area contributed by atoms with E-state index >= 15 is 0 Å². The summed E-state index contributed by atoms with van der Waals surface area (Å²) in [6.07, 6.45) is 1.56. The number of non-ortho nitro benzene ring substituents is 1. The molecule has 0 radical (unpaired) electrons. The molecule has 1 aromatic rings. The minimum absolute atomic E-state index is 0.0452. The number of fused-ring (bicyclic) bond motifs is 1. The first-order chi connectivity index (χ1) is 8.13. The third kappa shape index (κ3) is 2.12. The van der Waals surface area contributed by atoms with E-state index in [0.29, 0.717) is 6.54 Å². The van der Waals surface area contributed by atoms with E-state index in [1.54, 1.807) is 11.0 Å². The van der Waals surface area contributed by atoms with Crippen molar-refractivity contribution in [1.82, 2.24) is 0 Å². The zero-order valence-corrected chi connectivity index (χ0v) is 9.26. The van der Waals surface area contributed by atoms with Crippen LogP contribution in [0.5, 0.6) is 0 Å². The zero-order valence-electron chi connectivity index (χ0n) is 9.26. The largest absolute Gasteiger partial charge is 0.322 e. The minimum atomic E-state index is -0.427. The summed E-state index contributed by atoms with van der Waals surface area (Å²) in [5.41, 5.74) is 6.99. The fourth-order valence-electron chi connectivity index (χ4n) is 2.07. The number of aryl methyl sites for hydroxylation is 1. The molecular weight excluding hydrogens is 222 g/mol. The summed E-state index contributed by atoms with van der Waals surface area (Å²) in [4.78, 5) is 23.5. The Morgan fingerprint density at radius 2 is 2.29 bits per heavy atom. The molecule has 0 atom stereocenters. The van der Waals surface area contributed by atoms with E-state index in [0.717, 1.165) is 24.1 Å². The highest BCUT2D eigenvalue weighted by Gasteiger charge is 2.23. The number of nitro benzene ring substituents is 1. The van der Waals surface area contributed by atoms with Gasteiger partial charge in [-0.1, -0.05) is 0 Å². The number of anilines is 1. The number of benzene rings is 1. The molecule has 1 heterocycles. The number of nitrogens with two attached hydrogens (primary N) is 1. The highest BCUT2D eigenvalue weighted by atomic mass is 16.6. The average Bonchev–Trinajstić information content (AvgIpc) is 2.36. The summed E-state index contributed by atoms with van der Waals surface area (Å²) in [6.45, 7) is 0.581. The van der Waals surface area contributed by atoms with E-state index in [1.807, 2.05) is 0 Å². The van der Waals surface area contributed by atoms with Crippen molar-refractivity contribution < 1.29 is 9.72 Å². The topological polar surface area (TPSA) is 89.5 Å². The Bertz CT molecular complexity index is 473. The van der Waals surface area contributed by atoms with E-state index in [4.69, 9.17) is 5.73 Å². The Kier molecular flexibility index (Phi) is 3.06. The summed E-state index contributed by atoms with van der Waals surface area (Å²) < 4.78 is 0. The smallest absolute Gasteiger partial charge is 0.269 e. The first-order valence-corrected chi connectivity index (χ1v) is 5.41. The number of hydrogen-bond donors (Lipinski definition) is 1. The van der Waals surface area contributed by atoms with E-state index < -0.39 is 4.92 Å². The van der Waals surface area contributed by atoms with Crippen LogP contribution in [0, 0.1) is 10.1 Å². The standard InChI is InChI=1S/C11H13N3O3/c12-7-11(15)13-5-1-2-8-6-9(14(16)17)3-4-10(8)13/h3-4,6H,1-2,5,7,12H2. The van der Waals surface area contributed by atoms with Crippen LogP contribution >= 0.6 is 0 Å². The van der Waals surface area contributed by atoms with Crippen molar-refractivity contribution in [1.29, 1.82) is 0 Å². The number of hydrogen-bond acceptors (Lipinski definition) is 4. The molecule has 1 aromatic carbocycles. The van der Waals surface area contributed by atoms with Crippen molar-refractivity contribution in [3.05, 3.63) is 33.9 Å². The number of nitrogens with zero attached hydrogens (tertiary/aromatic N) is 2. The van der Waals surface area contributed by atoms with Crippen molar-refractivity contribution in [2.24, 2.45) is 5.73 Å². The molecule has 0 aliphatic carbocycles. The number of amides is 1. The molecule has 2 N–H and O–H groups in total.